The first kappa shape index (κ1) is 15.2. The first-order valence-electron chi connectivity index (χ1n) is 6.32. The lowest BCUT2D eigenvalue weighted by atomic mass is 9.97. The number of Topliss-reactive ketones (excluding diaryl/α,β-unsaturated/α-hetero) is 1. The molecule has 0 aliphatic rings. The highest BCUT2D eigenvalue weighted by molar-refractivity contribution is 5.86. The van der Waals surface area contributed by atoms with Crippen LogP contribution in [-0.2, 0) is 4.79 Å². The molecule has 0 saturated carbocycles. The molecule has 0 saturated heterocycles. The van der Waals surface area contributed by atoms with Crippen molar-refractivity contribution in [3.63, 3.8) is 0 Å². The number of hydrogen-bond acceptors (Lipinski definition) is 4. The monoisotopic (exact) mass is 260 g/mol. The summed E-state index contributed by atoms with van der Waals surface area (Å²) in [6.45, 7) is 3.07. The Hall–Kier alpha value is -1.86. The first-order chi connectivity index (χ1) is 9.04. The van der Waals surface area contributed by atoms with Crippen LogP contribution in [0.15, 0.2) is 24.3 Å². The van der Waals surface area contributed by atoms with E-state index in [2.05, 4.69) is 4.90 Å². The molecule has 4 heteroatoms. The largest absolute Gasteiger partial charge is 0.494 e. The van der Waals surface area contributed by atoms with Gasteiger partial charge in [0.2, 0.25) is 0 Å². The fourth-order valence-corrected chi connectivity index (χ4v) is 1.73. The molecule has 0 radical (unpaired) electrons. The van der Waals surface area contributed by atoms with Crippen molar-refractivity contribution in [2.75, 3.05) is 27.2 Å². The highest BCUT2D eigenvalue weighted by Gasteiger charge is 2.15. The smallest absolute Gasteiger partial charge is 0.151 e. The molecule has 1 unspecified atom stereocenters. The van der Waals surface area contributed by atoms with Crippen LogP contribution in [0.25, 0.3) is 0 Å². The number of ether oxygens (including phenoxy) is 1. The summed E-state index contributed by atoms with van der Waals surface area (Å²) < 4.78 is 5.59. The molecule has 0 bridgehead atoms. The molecular formula is C15H20N2O2. The van der Waals surface area contributed by atoms with Gasteiger partial charge >= 0.3 is 0 Å². The summed E-state index contributed by atoms with van der Waals surface area (Å²) in [5.41, 5.74) is 0.718. The van der Waals surface area contributed by atoms with Crippen LogP contribution in [-0.4, -0.2) is 37.9 Å². The van der Waals surface area contributed by atoms with Crippen LogP contribution in [0, 0.1) is 11.3 Å². The zero-order valence-electron chi connectivity index (χ0n) is 11.7. The topological polar surface area (TPSA) is 53.3 Å². The summed E-state index contributed by atoms with van der Waals surface area (Å²) in [5.74, 6) is -0.0484. The first-order valence-corrected chi connectivity index (χ1v) is 6.32. The fourth-order valence-electron chi connectivity index (χ4n) is 1.73. The number of carbonyl (C=O) groups is 1. The molecule has 0 N–H and O–H groups in total. The minimum atomic E-state index is -0.678. The Balaban J connectivity index is 2.52. The second-order valence-corrected chi connectivity index (χ2v) is 4.75. The van der Waals surface area contributed by atoms with Gasteiger partial charge in [0, 0.05) is 6.54 Å². The van der Waals surface area contributed by atoms with E-state index in [4.69, 9.17) is 10.00 Å². The second-order valence-electron chi connectivity index (χ2n) is 4.75. The molecule has 1 aromatic carbocycles. The molecule has 19 heavy (non-hydrogen) atoms. The molecular weight excluding hydrogens is 240 g/mol. The van der Waals surface area contributed by atoms with Gasteiger partial charge in [0.05, 0.1) is 12.7 Å². The molecule has 0 fully saturated rings. The van der Waals surface area contributed by atoms with Gasteiger partial charge in [-0.2, -0.15) is 5.26 Å². The number of hydrogen-bond donors (Lipinski definition) is 0. The van der Waals surface area contributed by atoms with Crippen molar-refractivity contribution in [1.82, 2.24) is 4.90 Å². The van der Waals surface area contributed by atoms with Crippen molar-refractivity contribution in [2.24, 2.45) is 0 Å². The summed E-state index contributed by atoms with van der Waals surface area (Å²) in [6, 6.07) is 9.16. The van der Waals surface area contributed by atoms with Crippen molar-refractivity contribution in [3.8, 4) is 11.8 Å². The zero-order chi connectivity index (χ0) is 14.3. The van der Waals surface area contributed by atoms with Gasteiger partial charge in [-0.3, -0.25) is 4.79 Å². The number of benzene rings is 1. The molecule has 102 valence electrons. The maximum atomic E-state index is 11.3. The van der Waals surface area contributed by atoms with Gasteiger partial charge in [-0.05, 0) is 45.1 Å². The number of nitriles is 1. The van der Waals surface area contributed by atoms with Gasteiger partial charge in [0.25, 0.3) is 0 Å². The number of rotatable bonds is 7. The van der Waals surface area contributed by atoms with E-state index in [0.717, 1.165) is 24.3 Å². The molecule has 0 aliphatic heterocycles. The highest BCUT2D eigenvalue weighted by Crippen LogP contribution is 2.20. The van der Waals surface area contributed by atoms with E-state index >= 15 is 0 Å². The second kappa shape index (κ2) is 7.55. The Kier molecular flexibility index (Phi) is 6.04. The van der Waals surface area contributed by atoms with Crippen LogP contribution >= 0.6 is 0 Å². The molecule has 1 atom stereocenters. The molecule has 1 aromatic rings. The highest BCUT2D eigenvalue weighted by atomic mass is 16.5. The SMILES string of the molecule is CC(=O)C(C#N)c1ccc(OCCCN(C)C)cc1. The maximum Gasteiger partial charge on any atom is 0.151 e. The van der Waals surface area contributed by atoms with Gasteiger partial charge in [-0.25, -0.2) is 0 Å². The molecule has 4 nitrogen and oxygen atoms in total. The average Bonchev–Trinajstić information content (AvgIpc) is 2.36. The molecule has 0 aliphatic carbocycles. The van der Waals surface area contributed by atoms with E-state index in [0.29, 0.717) is 6.61 Å². The number of nitrogens with zero attached hydrogens (tertiary/aromatic N) is 2. The average molecular weight is 260 g/mol. The number of carbonyl (C=O) groups excluding carboxylic acids is 1. The van der Waals surface area contributed by atoms with E-state index in [1.165, 1.54) is 6.92 Å². The Labute approximate surface area is 114 Å². The maximum absolute atomic E-state index is 11.3. The van der Waals surface area contributed by atoms with E-state index < -0.39 is 5.92 Å². The normalized spacial score (nSPS) is 11.9. The van der Waals surface area contributed by atoms with Crippen molar-refractivity contribution in [2.45, 2.75) is 19.3 Å². The van der Waals surface area contributed by atoms with Gasteiger partial charge < -0.3 is 9.64 Å². The number of ketones is 1. The van der Waals surface area contributed by atoms with Crippen LogP contribution in [0.4, 0.5) is 0 Å². The summed E-state index contributed by atoms with van der Waals surface area (Å²) in [6.07, 6.45) is 0.961. The standard InChI is InChI=1S/C15H20N2O2/c1-12(18)15(11-16)13-5-7-14(8-6-13)19-10-4-9-17(2)3/h5-8,15H,4,9-10H2,1-3H3. The van der Waals surface area contributed by atoms with Crippen molar-refractivity contribution >= 4 is 5.78 Å². The Morgan fingerprint density at radius 1 is 1.37 bits per heavy atom. The van der Waals surface area contributed by atoms with Crippen molar-refractivity contribution < 1.29 is 9.53 Å². The molecule has 1 rings (SSSR count). The lowest BCUT2D eigenvalue weighted by Crippen LogP contribution is -2.15. The minimum Gasteiger partial charge on any atom is -0.494 e. The third-order valence-corrected chi connectivity index (χ3v) is 2.77. The predicted octanol–water partition coefficient (Wildman–Crippen LogP) is 2.21. The third kappa shape index (κ3) is 5.11. The molecule has 0 aromatic heterocycles. The fraction of sp³-hybridized carbons (Fsp3) is 0.467. The summed E-state index contributed by atoms with van der Waals surface area (Å²) in [4.78, 5) is 13.4. The van der Waals surface area contributed by atoms with Gasteiger partial charge in [0.1, 0.15) is 11.7 Å². The van der Waals surface area contributed by atoms with Crippen LogP contribution in [0.1, 0.15) is 24.8 Å². The van der Waals surface area contributed by atoms with Crippen LogP contribution in [0.5, 0.6) is 5.75 Å². The molecule has 0 amide bonds. The molecule has 0 spiro atoms. The minimum absolute atomic E-state index is 0.137. The van der Waals surface area contributed by atoms with E-state index in [1.807, 2.05) is 20.2 Å². The third-order valence-electron chi connectivity index (χ3n) is 2.77. The Morgan fingerprint density at radius 2 is 2.00 bits per heavy atom. The summed E-state index contributed by atoms with van der Waals surface area (Å²) >= 11 is 0. The molecule has 0 heterocycles. The van der Waals surface area contributed by atoms with E-state index in [-0.39, 0.29) is 5.78 Å². The summed E-state index contributed by atoms with van der Waals surface area (Å²) in [5, 5.41) is 8.94. The predicted molar refractivity (Wildman–Crippen MR) is 74.1 cm³/mol. The van der Waals surface area contributed by atoms with Crippen molar-refractivity contribution in [1.29, 1.82) is 5.26 Å². The van der Waals surface area contributed by atoms with Crippen LogP contribution < -0.4 is 4.74 Å². The zero-order valence-corrected chi connectivity index (χ0v) is 11.7. The van der Waals surface area contributed by atoms with Gasteiger partial charge in [0.15, 0.2) is 5.78 Å². The van der Waals surface area contributed by atoms with E-state index in [9.17, 15) is 4.79 Å². The van der Waals surface area contributed by atoms with Gasteiger partial charge in [-0.1, -0.05) is 12.1 Å². The van der Waals surface area contributed by atoms with Crippen molar-refractivity contribution in [3.05, 3.63) is 29.8 Å². The quantitative estimate of drug-likeness (QED) is 0.705. The Morgan fingerprint density at radius 3 is 2.47 bits per heavy atom. The van der Waals surface area contributed by atoms with E-state index in [1.54, 1.807) is 24.3 Å². The Bertz CT molecular complexity index is 446. The van der Waals surface area contributed by atoms with Crippen LogP contribution in [0.2, 0.25) is 0 Å². The lowest BCUT2D eigenvalue weighted by molar-refractivity contribution is -0.117. The van der Waals surface area contributed by atoms with Crippen LogP contribution in [0.3, 0.4) is 0 Å². The lowest BCUT2D eigenvalue weighted by Gasteiger charge is -2.11. The summed E-state index contributed by atoms with van der Waals surface area (Å²) in [7, 11) is 4.05. The van der Waals surface area contributed by atoms with Gasteiger partial charge in [-0.15, -0.1) is 0 Å².